The highest BCUT2D eigenvalue weighted by Crippen LogP contribution is 2.41. The topological polar surface area (TPSA) is 29.3 Å². The number of para-hydroxylation sites is 2. The van der Waals surface area contributed by atoms with Gasteiger partial charge in [0, 0.05) is 16.8 Å². The van der Waals surface area contributed by atoms with Crippen molar-refractivity contribution in [2.75, 3.05) is 4.90 Å². The van der Waals surface area contributed by atoms with Crippen molar-refractivity contribution in [3.63, 3.8) is 0 Å². The molecule has 3 nitrogen and oxygen atoms in total. The number of nitrogens with zero attached hydrogens (tertiary/aromatic N) is 2. The summed E-state index contributed by atoms with van der Waals surface area (Å²) in [4.78, 5) is 6.99. The van der Waals surface area contributed by atoms with Gasteiger partial charge in [0.15, 0.2) is 0 Å². The summed E-state index contributed by atoms with van der Waals surface area (Å²) in [5, 5.41) is 9.69. The Bertz CT molecular complexity index is 2490. The Hall–Kier alpha value is -5.93. The molecule has 0 aliphatic carbocycles. The molecule has 7 aromatic carbocycles. The lowest BCUT2D eigenvalue weighted by Crippen LogP contribution is -2.10. The Balaban J connectivity index is 1.21. The Morgan fingerprint density at radius 3 is 1.93 bits per heavy atom. The van der Waals surface area contributed by atoms with Gasteiger partial charge in [-0.25, -0.2) is 4.98 Å². The van der Waals surface area contributed by atoms with Crippen LogP contribution in [0.3, 0.4) is 0 Å². The van der Waals surface area contributed by atoms with E-state index in [0.717, 1.165) is 33.4 Å². The number of aromatic nitrogens is 1. The van der Waals surface area contributed by atoms with Gasteiger partial charge >= 0.3 is 0 Å². The highest BCUT2D eigenvalue weighted by molar-refractivity contribution is 6.21. The number of benzene rings is 7. The van der Waals surface area contributed by atoms with Crippen LogP contribution >= 0.6 is 0 Å². The van der Waals surface area contributed by atoms with Gasteiger partial charge in [0.1, 0.15) is 5.58 Å². The number of furan rings is 1. The van der Waals surface area contributed by atoms with Crippen LogP contribution in [-0.2, 0) is 0 Å². The Labute approximate surface area is 254 Å². The molecule has 9 aromatic rings. The van der Waals surface area contributed by atoms with E-state index >= 15 is 0 Å². The van der Waals surface area contributed by atoms with Crippen molar-refractivity contribution in [3.8, 4) is 11.1 Å². The molecule has 0 unspecified atom stereocenters. The lowest BCUT2D eigenvalue weighted by Gasteiger charge is -2.25. The summed E-state index contributed by atoms with van der Waals surface area (Å²) in [6.45, 7) is 0. The van der Waals surface area contributed by atoms with Gasteiger partial charge in [-0.1, -0.05) is 109 Å². The summed E-state index contributed by atoms with van der Waals surface area (Å²) in [5.74, 6) is 0. The molecule has 206 valence electrons. The van der Waals surface area contributed by atoms with Crippen LogP contribution in [-0.4, -0.2) is 4.98 Å². The van der Waals surface area contributed by atoms with Gasteiger partial charge in [0.05, 0.1) is 17.3 Å². The molecule has 0 aliphatic heterocycles. The monoisotopic (exact) mass is 562 g/mol. The Kier molecular flexibility index (Phi) is 5.50. The maximum atomic E-state index is 6.03. The van der Waals surface area contributed by atoms with Crippen molar-refractivity contribution < 1.29 is 4.42 Å². The molecule has 2 aromatic heterocycles. The summed E-state index contributed by atoms with van der Waals surface area (Å²) in [6, 6.07) is 53.9. The molecule has 0 saturated heterocycles. The first kappa shape index (κ1) is 24.6. The zero-order chi connectivity index (χ0) is 29.0. The van der Waals surface area contributed by atoms with E-state index in [2.05, 4.69) is 132 Å². The second-order valence-electron chi connectivity index (χ2n) is 11.2. The quantitative estimate of drug-likeness (QED) is 0.200. The predicted molar refractivity (Wildman–Crippen MR) is 184 cm³/mol. The molecule has 0 saturated carbocycles. The minimum absolute atomic E-state index is 0.647. The van der Waals surface area contributed by atoms with Crippen LogP contribution in [0.25, 0.3) is 65.5 Å². The van der Waals surface area contributed by atoms with E-state index in [9.17, 15) is 0 Å². The summed E-state index contributed by atoms with van der Waals surface area (Å²) >= 11 is 0. The van der Waals surface area contributed by atoms with Gasteiger partial charge in [0.25, 0.3) is 0 Å². The van der Waals surface area contributed by atoms with E-state index < -0.39 is 0 Å². The number of anilines is 3. The molecule has 44 heavy (non-hydrogen) atoms. The third-order valence-corrected chi connectivity index (χ3v) is 8.70. The van der Waals surface area contributed by atoms with Gasteiger partial charge in [-0.2, -0.15) is 0 Å². The average Bonchev–Trinajstić information content (AvgIpc) is 3.47. The van der Waals surface area contributed by atoms with E-state index in [0.29, 0.717) is 5.71 Å². The summed E-state index contributed by atoms with van der Waals surface area (Å²) in [5.41, 5.74) is 7.01. The number of pyridine rings is 1. The number of fused-ring (bicyclic) bond motifs is 8. The zero-order valence-electron chi connectivity index (χ0n) is 23.8. The minimum atomic E-state index is 0.647. The summed E-state index contributed by atoms with van der Waals surface area (Å²) in [6.07, 6.45) is 1.90. The van der Waals surface area contributed by atoms with Crippen LogP contribution in [0, 0.1) is 0 Å². The summed E-state index contributed by atoms with van der Waals surface area (Å²) in [7, 11) is 0. The number of hydrogen-bond donors (Lipinski definition) is 0. The molecule has 0 spiro atoms. The Morgan fingerprint density at radius 1 is 0.432 bits per heavy atom. The van der Waals surface area contributed by atoms with E-state index in [1.54, 1.807) is 0 Å². The standard InChI is InChI=1S/C41H26N2O/c1-2-11-29(12-3-1)43(31-24-39-36-16-8-9-17-40(36)44-41(39)42-26-31)30-21-18-28(19-22-30)37-25-38-32-13-5-4-10-27(32)20-23-35(38)33-14-6-7-15-34(33)37/h1-26H. The summed E-state index contributed by atoms with van der Waals surface area (Å²) < 4.78 is 6.03. The van der Waals surface area contributed by atoms with Crippen LogP contribution in [0.1, 0.15) is 0 Å². The van der Waals surface area contributed by atoms with Gasteiger partial charge in [-0.05, 0) is 85.9 Å². The van der Waals surface area contributed by atoms with E-state index in [1.165, 1.54) is 43.4 Å². The second kappa shape index (κ2) is 9.82. The maximum Gasteiger partial charge on any atom is 0.227 e. The predicted octanol–water partition coefficient (Wildman–Crippen LogP) is 11.6. The van der Waals surface area contributed by atoms with Crippen LogP contribution in [0.2, 0.25) is 0 Å². The fourth-order valence-electron chi connectivity index (χ4n) is 6.63. The van der Waals surface area contributed by atoms with Crippen LogP contribution in [0.15, 0.2) is 162 Å². The molecule has 0 N–H and O–H groups in total. The van der Waals surface area contributed by atoms with Crippen molar-refractivity contribution in [1.29, 1.82) is 0 Å². The minimum Gasteiger partial charge on any atom is -0.438 e. The second-order valence-corrected chi connectivity index (χ2v) is 11.2. The molecule has 0 amide bonds. The van der Waals surface area contributed by atoms with E-state index in [1.807, 2.05) is 30.5 Å². The molecule has 0 aliphatic rings. The van der Waals surface area contributed by atoms with Crippen molar-refractivity contribution in [2.24, 2.45) is 0 Å². The van der Waals surface area contributed by atoms with Crippen molar-refractivity contribution >= 4 is 71.4 Å². The van der Waals surface area contributed by atoms with Crippen molar-refractivity contribution in [2.45, 2.75) is 0 Å². The SMILES string of the molecule is c1ccc(N(c2ccc(-c3cc4c5ccccc5ccc4c4ccccc34)cc2)c2cnc3oc4ccccc4c3c2)cc1. The third-order valence-electron chi connectivity index (χ3n) is 8.70. The van der Waals surface area contributed by atoms with Crippen molar-refractivity contribution in [1.82, 2.24) is 4.98 Å². The smallest absolute Gasteiger partial charge is 0.227 e. The van der Waals surface area contributed by atoms with Gasteiger partial charge in [0.2, 0.25) is 5.71 Å². The fourth-order valence-corrected chi connectivity index (χ4v) is 6.63. The molecule has 3 heteroatoms. The van der Waals surface area contributed by atoms with Gasteiger partial charge in [-0.15, -0.1) is 0 Å². The van der Waals surface area contributed by atoms with Crippen LogP contribution < -0.4 is 4.90 Å². The lowest BCUT2D eigenvalue weighted by molar-refractivity contribution is 0.654. The van der Waals surface area contributed by atoms with Gasteiger partial charge in [-0.3, -0.25) is 0 Å². The highest BCUT2D eigenvalue weighted by atomic mass is 16.3. The normalized spacial score (nSPS) is 11.6. The maximum absolute atomic E-state index is 6.03. The lowest BCUT2D eigenvalue weighted by atomic mass is 9.91. The molecule has 9 rings (SSSR count). The molecule has 0 fully saturated rings. The van der Waals surface area contributed by atoms with E-state index in [-0.39, 0.29) is 0 Å². The third kappa shape index (κ3) is 3.87. The number of hydrogen-bond acceptors (Lipinski definition) is 3. The zero-order valence-corrected chi connectivity index (χ0v) is 23.8. The number of rotatable bonds is 4. The highest BCUT2D eigenvalue weighted by Gasteiger charge is 2.17. The van der Waals surface area contributed by atoms with Crippen LogP contribution in [0.5, 0.6) is 0 Å². The first-order chi connectivity index (χ1) is 21.8. The Morgan fingerprint density at radius 2 is 1.09 bits per heavy atom. The van der Waals surface area contributed by atoms with Crippen molar-refractivity contribution in [3.05, 3.63) is 158 Å². The molecule has 0 bridgehead atoms. The molecular formula is C41H26N2O. The van der Waals surface area contributed by atoms with E-state index in [4.69, 9.17) is 9.40 Å². The fraction of sp³-hybridized carbons (Fsp3) is 0. The largest absolute Gasteiger partial charge is 0.438 e. The first-order valence-electron chi connectivity index (χ1n) is 14.9. The average molecular weight is 563 g/mol. The van der Waals surface area contributed by atoms with Crippen LogP contribution in [0.4, 0.5) is 17.1 Å². The molecular weight excluding hydrogens is 536 g/mol. The molecule has 0 atom stereocenters. The first-order valence-corrected chi connectivity index (χ1v) is 14.9. The molecule has 2 heterocycles. The van der Waals surface area contributed by atoms with Gasteiger partial charge < -0.3 is 9.32 Å². The molecule has 0 radical (unpaired) electrons.